The van der Waals surface area contributed by atoms with E-state index >= 15 is 0 Å². The van der Waals surface area contributed by atoms with Crippen molar-refractivity contribution in [1.29, 1.82) is 0 Å². The number of guanidine groups is 1. The van der Waals surface area contributed by atoms with Crippen molar-refractivity contribution in [2.45, 2.75) is 19.9 Å². The van der Waals surface area contributed by atoms with Crippen molar-refractivity contribution in [3.8, 4) is 11.4 Å². The number of nitrogens with one attached hydrogen (secondary N) is 2. The first-order valence-corrected chi connectivity index (χ1v) is 9.21. The number of hydrogen-bond donors (Lipinski definition) is 2. The summed E-state index contributed by atoms with van der Waals surface area (Å²) in [6, 6.07) is 12.4. The Morgan fingerprint density at radius 1 is 1.17 bits per heavy atom. The molecule has 0 unspecified atom stereocenters. The van der Waals surface area contributed by atoms with E-state index in [-0.39, 0.29) is 29.8 Å². The van der Waals surface area contributed by atoms with Crippen LogP contribution in [-0.4, -0.2) is 29.7 Å². The third-order valence-electron chi connectivity index (χ3n) is 4.12. The van der Waals surface area contributed by atoms with Gasteiger partial charge in [0.25, 0.3) is 0 Å². The molecule has 6 nitrogen and oxygen atoms in total. The van der Waals surface area contributed by atoms with Crippen LogP contribution >= 0.6 is 35.6 Å². The molecule has 3 rings (SSSR count). The molecule has 1 heterocycles. The minimum absolute atomic E-state index is 0. The number of halogens is 3. The molecule has 0 saturated carbocycles. The Balaban J connectivity index is 0.00000300. The lowest BCUT2D eigenvalue weighted by molar-refractivity contribution is 0.378. The Bertz CT molecular complexity index is 962. The standard InChI is InChI=1S/C20H21ClFN5O.HI/c1-13-3-4-14(11-17(13)22)12-25-20(23-2)24-10-9-18-26-19(27-28-18)15-5-7-16(21)8-6-15;/h3-8,11H,9-10,12H2,1-2H3,(H2,23,24,25);1H. The molecular formula is C20H22ClFIN5O. The quantitative estimate of drug-likeness (QED) is 0.282. The second kappa shape index (κ2) is 11.1. The Morgan fingerprint density at radius 2 is 1.93 bits per heavy atom. The first-order chi connectivity index (χ1) is 13.5. The summed E-state index contributed by atoms with van der Waals surface area (Å²) in [7, 11) is 1.68. The van der Waals surface area contributed by atoms with Gasteiger partial charge in [-0.25, -0.2) is 4.39 Å². The molecule has 0 amide bonds. The van der Waals surface area contributed by atoms with Gasteiger partial charge in [0.15, 0.2) is 5.96 Å². The van der Waals surface area contributed by atoms with Gasteiger partial charge >= 0.3 is 0 Å². The summed E-state index contributed by atoms with van der Waals surface area (Å²) in [5.74, 6) is 1.44. The van der Waals surface area contributed by atoms with Crippen LogP contribution in [0.4, 0.5) is 4.39 Å². The van der Waals surface area contributed by atoms with Crippen LogP contribution in [0.3, 0.4) is 0 Å². The lowest BCUT2D eigenvalue weighted by atomic mass is 10.1. The summed E-state index contributed by atoms with van der Waals surface area (Å²) in [6.45, 7) is 2.77. The van der Waals surface area contributed by atoms with E-state index in [4.69, 9.17) is 16.1 Å². The molecule has 0 aliphatic carbocycles. The molecule has 0 radical (unpaired) electrons. The summed E-state index contributed by atoms with van der Waals surface area (Å²) in [5.41, 5.74) is 2.31. The summed E-state index contributed by atoms with van der Waals surface area (Å²) in [4.78, 5) is 8.54. The van der Waals surface area contributed by atoms with E-state index in [0.29, 0.717) is 47.8 Å². The highest BCUT2D eigenvalue weighted by atomic mass is 127. The zero-order valence-corrected chi connectivity index (χ0v) is 19.2. The number of hydrogen-bond acceptors (Lipinski definition) is 4. The fourth-order valence-corrected chi connectivity index (χ4v) is 2.64. The van der Waals surface area contributed by atoms with Gasteiger partial charge in [-0.1, -0.05) is 28.9 Å². The highest BCUT2D eigenvalue weighted by Gasteiger charge is 2.09. The number of nitrogens with zero attached hydrogens (tertiary/aromatic N) is 3. The molecule has 0 aliphatic rings. The molecule has 154 valence electrons. The fourth-order valence-electron chi connectivity index (χ4n) is 2.51. The van der Waals surface area contributed by atoms with Crippen LogP contribution in [0.2, 0.25) is 5.02 Å². The zero-order chi connectivity index (χ0) is 19.9. The van der Waals surface area contributed by atoms with Crippen LogP contribution in [0.15, 0.2) is 52.0 Å². The van der Waals surface area contributed by atoms with Gasteiger partial charge in [-0.15, -0.1) is 24.0 Å². The molecule has 3 aromatic rings. The van der Waals surface area contributed by atoms with E-state index in [1.807, 2.05) is 18.2 Å². The second-order valence-electron chi connectivity index (χ2n) is 6.20. The average molecular weight is 530 g/mol. The highest BCUT2D eigenvalue weighted by Crippen LogP contribution is 2.18. The third kappa shape index (κ3) is 6.67. The van der Waals surface area contributed by atoms with Crippen molar-refractivity contribution < 1.29 is 8.91 Å². The molecule has 2 N–H and O–H groups in total. The van der Waals surface area contributed by atoms with Crippen LogP contribution in [0.25, 0.3) is 11.4 Å². The van der Waals surface area contributed by atoms with Crippen molar-refractivity contribution in [1.82, 2.24) is 20.8 Å². The number of aryl methyl sites for hydroxylation is 1. The van der Waals surface area contributed by atoms with Crippen molar-refractivity contribution >= 4 is 41.5 Å². The predicted molar refractivity (Wildman–Crippen MR) is 123 cm³/mol. The van der Waals surface area contributed by atoms with Crippen LogP contribution in [0, 0.1) is 12.7 Å². The van der Waals surface area contributed by atoms with Gasteiger partial charge in [0.2, 0.25) is 11.7 Å². The maximum atomic E-state index is 13.6. The smallest absolute Gasteiger partial charge is 0.228 e. The zero-order valence-electron chi connectivity index (χ0n) is 16.1. The SMILES string of the molecule is CN=C(NCCc1nc(-c2ccc(Cl)cc2)no1)NCc1ccc(C)c(F)c1.I. The molecule has 0 bridgehead atoms. The summed E-state index contributed by atoms with van der Waals surface area (Å²) < 4.78 is 18.9. The molecule has 29 heavy (non-hydrogen) atoms. The van der Waals surface area contributed by atoms with Gasteiger partial charge < -0.3 is 15.2 Å². The highest BCUT2D eigenvalue weighted by molar-refractivity contribution is 14.0. The Kier molecular flexibility index (Phi) is 8.84. The van der Waals surface area contributed by atoms with Gasteiger partial charge in [0, 0.05) is 37.1 Å². The van der Waals surface area contributed by atoms with Crippen LogP contribution < -0.4 is 10.6 Å². The maximum absolute atomic E-state index is 13.6. The molecule has 0 atom stereocenters. The van der Waals surface area contributed by atoms with E-state index in [9.17, 15) is 4.39 Å². The number of aliphatic imine (C=N–C) groups is 1. The number of benzene rings is 2. The minimum atomic E-state index is -0.213. The van der Waals surface area contributed by atoms with Gasteiger partial charge in [-0.05, 0) is 48.4 Å². The van der Waals surface area contributed by atoms with Crippen molar-refractivity contribution in [2.24, 2.45) is 4.99 Å². The molecule has 0 fully saturated rings. The van der Waals surface area contributed by atoms with Crippen molar-refractivity contribution in [3.05, 3.63) is 70.3 Å². The van der Waals surface area contributed by atoms with Crippen molar-refractivity contribution in [3.63, 3.8) is 0 Å². The topological polar surface area (TPSA) is 75.3 Å². The summed E-state index contributed by atoms with van der Waals surface area (Å²) >= 11 is 5.89. The van der Waals surface area contributed by atoms with Crippen LogP contribution in [0.5, 0.6) is 0 Å². The Labute approximate surface area is 191 Å². The van der Waals surface area contributed by atoms with Crippen molar-refractivity contribution in [2.75, 3.05) is 13.6 Å². The lowest BCUT2D eigenvalue weighted by Gasteiger charge is -2.11. The molecule has 1 aromatic heterocycles. The Hall–Kier alpha value is -2.20. The van der Waals surface area contributed by atoms with E-state index < -0.39 is 0 Å². The van der Waals surface area contributed by atoms with Gasteiger partial charge in [-0.2, -0.15) is 4.98 Å². The van der Waals surface area contributed by atoms with Crippen LogP contribution in [-0.2, 0) is 13.0 Å². The summed E-state index contributed by atoms with van der Waals surface area (Å²) in [6.07, 6.45) is 0.542. The van der Waals surface area contributed by atoms with Gasteiger partial charge in [-0.3, -0.25) is 4.99 Å². The van der Waals surface area contributed by atoms with Gasteiger partial charge in [0.05, 0.1) is 0 Å². The predicted octanol–water partition coefficient (Wildman–Crippen LogP) is 4.36. The van der Waals surface area contributed by atoms with E-state index in [1.165, 1.54) is 6.07 Å². The largest absolute Gasteiger partial charge is 0.356 e. The number of rotatable bonds is 6. The number of aromatic nitrogens is 2. The lowest BCUT2D eigenvalue weighted by Crippen LogP contribution is -2.37. The monoisotopic (exact) mass is 529 g/mol. The van der Waals surface area contributed by atoms with E-state index in [1.54, 1.807) is 32.2 Å². The normalized spacial score (nSPS) is 11.1. The van der Waals surface area contributed by atoms with E-state index in [0.717, 1.165) is 11.1 Å². The molecule has 2 aromatic carbocycles. The Morgan fingerprint density at radius 3 is 2.62 bits per heavy atom. The summed E-state index contributed by atoms with van der Waals surface area (Å²) in [5, 5.41) is 11.0. The minimum Gasteiger partial charge on any atom is -0.356 e. The first kappa shape index (κ1) is 23.1. The fraction of sp³-hybridized carbons (Fsp3) is 0.250. The second-order valence-corrected chi connectivity index (χ2v) is 6.64. The first-order valence-electron chi connectivity index (χ1n) is 8.83. The maximum Gasteiger partial charge on any atom is 0.228 e. The van der Waals surface area contributed by atoms with Gasteiger partial charge in [0.1, 0.15) is 5.82 Å². The molecular weight excluding hydrogens is 508 g/mol. The van der Waals surface area contributed by atoms with Crippen LogP contribution in [0.1, 0.15) is 17.0 Å². The third-order valence-corrected chi connectivity index (χ3v) is 4.37. The molecule has 9 heteroatoms. The molecule has 0 spiro atoms. The molecule has 0 saturated heterocycles. The van der Waals surface area contributed by atoms with E-state index in [2.05, 4.69) is 25.8 Å². The average Bonchev–Trinajstić information content (AvgIpc) is 3.16. The molecule has 0 aliphatic heterocycles.